The van der Waals surface area contributed by atoms with Gasteiger partial charge in [-0.25, -0.2) is 15.0 Å². The minimum Gasteiger partial charge on any atom is -0.393 e. The molecule has 1 fully saturated rings. The lowest BCUT2D eigenvalue weighted by Gasteiger charge is -2.29. The fourth-order valence-corrected chi connectivity index (χ4v) is 3.71. The smallest absolute Gasteiger partial charge is 0.393 e. The Balaban J connectivity index is 1.73. The number of hydrogen-bond acceptors (Lipinski definition) is 10. The molecule has 11 nitrogen and oxygen atoms in total. The van der Waals surface area contributed by atoms with Gasteiger partial charge in [-0.3, -0.25) is 4.68 Å². The summed E-state index contributed by atoms with van der Waals surface area (Å²) in [6.07, 6.45) is -0.622. The van der Waals surface area contributed by atoms with E-state index in [0.717, 1.165) is 0 Å². The predicted octanol–water partition coefficient (Wildman–Crippen LogP) is 2.44. The van der Waals surface area contributed by atoms with Crippen LogP contribution in [0.15, 0.2) is 18.6 Å². The van der Waals surface area contributed by atoms with Gasteiger partial charge in [0, 0.05) is 25.9 Å². The molecule has 3 aromatic rings. The van der Waals surface area contributed by atoms with Crippen molar-refractivity contribution in [3.05, 3.63) is 24.3 Å². The summed E-state index contributed by atoms with van der Waals surface area (Å²) in [5.74, 6) is 1.32. The molecule has 1 aliphatic heterocycles. The molecule has 0 spiro atoms. The molecule has 0 aromatic carbocycles. The van der Waals surface area contributed by atoms with Crippen molar-refractivity contribution in [1.82, 2.24) is 29.7 Å². The van der Waals surface area contributed by atoms with E-state index >= 15 is 0 Å². The number of rotatable bonds is 10. The van der Waals surface area contributed by atoms with E-state index in [2.05, 4.69) is 20.4 Å². The fraction of sp³-hybridized carbons (Fsp3) is 0.571. The third-order valence-electron chi connectivity index (χ3n) is 5.38. The maximum Gasteiger partial charge on any atom is 0.411 e. The van der Waals surface area contributed by atoms with Crippen LogP contribution in [0.2, 0.25) is 0 Å². The van der Waals surface area contributed by atoms with Gasteiger partial charge in [-0.2, -0.15) is 23.3 Å². The monoisotopic (exact) mass is 496 g/mol. The van der Waals surface area contributed by atoms with Gasteiger partial charge < -0.3 is 24.8 Å². The molecule has 2 N–H and O–H groups in total. The van der Waals surface area contributed by atoms with E-state index in [9.17, 15) is 18.3 Å². The topological polar surface area (TPSA) is 123 Å². The van der Waals surface area contributed by atoms with Gasteiger partial charge in [0.1, 0.15) is 35.5 Å². The van der Waals surface area contributed by atoms with Gasteiger partial charge in [0.05, 0.1) is 25.9 Å². The van der Waals surface area contributed by atoms with Crippen LogP contribution in [0.1, 0.15) is 25.5 Å². The molecule has 35 heavy (non-hydrogen) atoms. The van der Waals surface area contributed by atoms with Gasteiger partial charge in [-0.05, 0) is 25.8 Å². The number of aromatic nitrogens is 6. The van der Waals surface area contributed by atoms with Crippen molar-refractivity contribution in [1.29, 1.82) is 0 Å². The SMILES string of the molecule is CCOCc1nn(CCOCC(F)(F)F)c2c(Nc3ccncn3)nc(N3CCC(O)CC3)nc12. The summed E-state index contributed by atoms with van der Waals surface area (Å²) in [6, 6.07) is 1.67. The van der Waals surface area contributed by atoms with Crippen LogP contribution in [0, 0.1) is 0 Å². The van der Waals surface area contributed by atoms with E-state index < -0.39 is 12.8 Å². The van der Waals surface area contributed by atoms with E-state index in [0.29, 0.717) is 66.8 Å². The highest BCUT2D eigenvalue weighted by atomic mass is 19.4. The maximum absolute atomic E-state index is 12.5. The maximum atomic E-state index is 12.5. The molecule has 190 valence electrons. The second-order valence-corrected chi connectivity index (χ2v) is 7.98. The number of ether oxygens (including phenoxy) is 2. The number of anilines is 3. The van der Waals surface area contributed by atoms with Crippen molar-refractivity contribution in [2.24, 2.45) is 0 Å². The largest absolute Gasteiger partial charge is 0.411 e. The zero-order chi connectivity index (χ0) is 24.8. The second kappa shape index (κ2) is 11.1. The molecule has 0 atom stereocenters. The summed E-state index contributed by atoms with van der Waals surface area (Å²) < 4.78 is 49.4. The molecule has 0 aliphatic carbocycles. The van der Waals surface area contributed by atoms with Crippen molar-refractivity contribution in [2.75, 3.05) is 43.1 Å². The first-order chi connectivity index (χ1) is 16.8. The first-order valence-electron chi connectivity index (χ1n) is 11.3. The average Bonchev–Trinajstić information content (AvgIpc) is 3.19. The van der Waals surface area contributed by atoms with Crippen LogP contribution in [-0.2, 0) is 22.6 Å². The van der Waals surface area contributed by atoms with E-state index in [1.54, 1.807) is 12.3 Å². The summed E-state index contributed by atoms with van der Waals surface area (Å²) >= 11 is 0. The molecule has 14 heteroatoms. The highest BCUT2D eigenvalue weighted by Gasteiger charge is 2.28. The lowest BCUT2D eigenvalue weighted by molar-refractivity contribution is -0.174. The van der Waals surface area contributed by atoms with Crippen LogP contribution in [0.4, 0.5) is 30.8 Å². The Morgan fingerprint density at radius 1 is 1.20 bits per heavy atom. The van der Waals surface area contributed by atoms with Crippen molar-refractivity contribution >= 4 is 28.6 Å². The number of aliphatic hydroxyl groups excluding tert-OH is 1. The molecule has 0 unspecified atom stereocenters. The molecule has 0 amide bonds. The van der Waals surface area contributed by atoms with Gasteiger partial charge in [0.2, 0.25) is 5.95 Å². The standard InChI is InChI=1S/C21H27F3N8O3/c1-2-34-11-15-17-18(32(30-15)9-10-35-12-21(22,23)24)19(27-16-3-6-25-13-26-16)29-20(28-17)31-7-4-14(33)5-8-31/h3,6,13-14,33H,2,4-5,7-12H2,1H3,(H,25,26,27,28,29). The van der Waals surface area contributed by atoms with Crippen molar-refractivity contribution < 1.29 is 27.8 Å². The number of aliphatic hydroxyl groups is 1. The van der Waals surface area contributed by atoms with Crippen LogP contribution in [0.3, 0.4) is 0 Å². The van der Waals surface area contributed by atoms with E-state index in [1.807, 2.05) is 11.8 Å². The quantitative estimate of drug-likeness (QED) is 0.405. The van der Waals surface area contributed by atoms with Gasteiger partial charge in [-0.1, -0.05) is 0 Å². The fourth-order valence-electron chi connectivity index (χ4n) is 3.71. The lowest BCUT2D eigenvalue weighted by Crippen LogP contribution is -2.37. The lowest BCUT2D eigenvalue weighted by atomic mass is 10.1. The number of nitrogens with one attached hydrogen (secondary N) is 1. The molecule has 4 heterocycles. The van der Waals surface area contributed by atoms with Crippen LogP contribution in [-0.4, -0.2) is 80.0 Å². The first-order valence-corrected chi connectivity index (χ1v) is 11.3. The van der Waals surface area contributed by atoms with E-state index in [4.69, 9.17) is 19.4 Å². The number of nitrogens with zero attached hydrogens (tertiary/aromatic N) is 7. The summed E-state index contributed by atoms with van der Waals surface area (Å²) in [6.45, 7) is 2.15. The Labute approximate surface area is 199 Å². The Hall–Kier alpha value is -3.10. The first kappa shape index (κ1) is 25.0. The molecule has 3 aromatic heterocycles. The van der Waals surface area contributed by atoms with Crippen LogP contribution in [0.5, 0.6) is 0 Å². The highest BCUT2D eigenvalue weighted by molar-refractivity contribution is 5.90. The van der Waals surface area contributed by atoms with Gasteiger partial charge in [0.25, 0.3) is 0 Å². The van der Waals surface area contributed by atoms with Crippen LogP contribution < -0.4 is 10.2 Å². The zero-order valence-corrected chi connectivity index (χ0v) is 19.2. The minimum atomic E-state index is -4.41. The van der Waals surface area contributed by atoms with Crippen molar-refractivity contribution in [3.63, 3.8) is 0 Å². The van der Waals surface area contributed by atoms with E-state index in [-0.39, 0.29) is 25.9 Å². The summed E-state index contributed by atoms with van der Waals surface area (Å²) in [4.78, 5) is 19.5. The Kier molecular flexibility index (Phi) is 7.93. The predicted molar refractivity (Wildman–Crippen MR) is 120 cm³/mol. The third kappa shape index (κ3) is 6.52. The summed E-state index contributed by atoms with van der Waals surface area (Å²) in [5, 5.41) is 17.6. The van der Waals surface area contributed by atoms with Crippen molar-refractivity contribution in [3.8, 4) is 0 Å². The average molecular weight is 496 g/mol. The Morgan fingerprint density at radius 2 is 2.00 bits per heavy atom. The molecule has 1 saturated heterocycles. The van der Waals surface area contributed by atoms with Crippen LogP contribution >= 0.6 is 0 Å². The summed E-state index contributed by atoms with van der Waals surface area (Å²) in [7, 11) is 0. The molecule has 0 bridgehead atoms. The minimum absolute atomic E-state index is 0.0514. The molecular weight excluding hydrogens is 469 g/mol. The molecule has 0 saturated carbocycles. The summed E-state index contributed by atoms with van der Waals surface area (Å²) in [5.41, 5.74) is 1.54. The number of halogens is 3. The van der Waals surface area contributed by atoms with E-state index in [1.165, 1.54) is 11.0 Å². The second-order valence-electron chi connectivity index (χ2n) is 7.98. The number of piperidine rings is 1. The highest BCUT2D eigenvalue weighted by Crippen LogP contribution is 2.30. The van der Waals surface area contributed by atoms with Gasteiger partial charge in [-0.15, -0.1) is 0 Å². The Morgan fingerprint density at radius 3 is 2.69 bits per heavy atom. The Bertz CT molecular complexity index is 1100. The van der Waals surface area contributed by atoms with Gasteiger partial charge in [0.15, 0.2) is 5.82 Å². The van der Waals surface area contributed by atoms with Crippen LogP contribution in [0.25, 0.3) is 11.0 Å². The number of hydrogen-bond donors (Lipinski definition) is 2. The molecule has 1 aliphatic rings. The molecule has 4 rings (SSSR count). The normalized spacial score (nSPS) is 15.2. The zero-order valence-electron chi connectivity index (χ0n) is 19.2. The molecule has 0 radical (unpaired) electrons. The number of alkyl halides is 3. The van der Waals surface area contributed by atoms with Crippen molar-refractivity contribution in [2.45, 2.75) is 45.2 Å². The van der Waals surface area contributed by atoms with Gasteiger partial charge >= 0.3 is 6.18 Å². The molecular formula is C21H27F3N8O3. The third-order valence-corrected chi connectivity index (χ3v) is 5.38. The number of fused-ring (bicyclic) bond motifs is 1.